The van der Waals surface area contributed by atoms with E-state index >= 15 is 0 Å². The van der Waals surface area contributed by atoms with Gasteiger partial charge in [0.1, 0.15) is 23.0 Å². The van der Waals surface area contributed by atoms with Gasteiger partial charge >= 0.3 is 0 Å². The molecule has 0 aromatic heterocycles. The fourth-order valence-electron chi connectivity index (χ4n) is 3.74. The summed E-state index contributed by atoms with van der Waals surface area (Å²) in [6.07, 6.45) is 0. The maximum absolute atomic E-state index is 14.4. The molecular formula is C25H26FN3O5S. The van der Waals surface area contributed by atoms with Crippen LogP contribution in [-0.2, 0) is 19.6 Å². The zero-order valence-electron chi connectivity index (χ0n) is 19.2. The Morgan fingerprint density at radius 3 is 2.31 bits per heavy atom. The molecule has 8 nitrogen and oxygen atoms in total. The molecule has 1 aliphatic rings. The first-order valence-corrected chi connectivity index (χ1v) is 12.5. The molecule has 1 N–H and O–H groups in total. The van der Waals surface area contributed by atoms with Gasteiger partial charge in [-0.1, -0.05) is 12.1 Å². The second-order valence-corrected chi connectivity index (χ2v) is 9.67. The molecule has 3 aromatic rings. The predicted octanol–water partition coefficient (Wildman–Crippen LogP) is 3.50. The third kappa shape index (κ3) is 5.72. The third-order valence-electron chi connectivity index (χ3n) is 5.58. The number of methoxy groups -OCH3 is 1. The maximum Gasteiger partial charge on any atom is 0.267 e. The fraction of sp³-hybridized carbons (Fsp3) is 0.240. The highest BCUT2D eigenvalue weighted by Crippen LogP contribution is 2.27. The van der Waals surface area contributed by atoms with Crippen molar-refractivity contribution in [1.29, 1.82) is 0 Å². The normalized spacial score (nSPS) is 13.8. The number of amides is 1. The predicted molar refractivity (Wildman–Crippen MR) is 132 cm³/mol. The van der Waals surface area contributed by atoms with E-state index in [0.29, 0.717) is 24.7 Å². The van der Waals surface area contributed by atoms with Crippen molar-refractivity contribution >= 4 is 33.0 Å². The maximum atomic E-state index is 14.4. The number of hydrogen-bond donors (Lipinski definition) is 1. The summed E-state index contributed by atoms with van der Waals surface area (Å²) in [4.78, 5) is 14.6. The second kappa shape index (κ2) is 10.7. The van der Waals surface area contributed by atoms with E-state index in [1.165, 1.54) is 37.4 Å². The number of hydrogen-bond acceptors (Lipinski definition) is 6. The van der Waals surface area contributed by atoms with Gasteiger partial charge in [0.05, 0.1) is 26.0 Å². The number of halogens is 1. The largest absolute Gasteiger partial charge is 0.497 e. The standard InChI is InChI=1S/C25H26FN3O5S/c1-33-22-12-10-21(11-13-22)29(35(31,32)24-5-3-2-4-23(24)26)18-25(30)27-19-6-8-20(9-7-19)28-14-16-34-17-15-28/h2-13H,14-18H2,1H3,(H,27,30). The monoisotopic (exact) mass is 499 g/mol. The molecule has 1 aliphatic heterocycles. The Bertz CT molecular complexity index is 1260. The van der Waals surface area contributed by atoms with Crippen molar-refractivity contribution in [3.8, 4) is 5.75 Å². The summed E-state index contributed by atoms with van der Waals surface area (Å²) in [6.45, 7) is 2.35. The van der Waals surface area contributed by atoms with Gasteiger partial charge in [0.2, 0.25) is 5.91 Å². The van der Waals surface area contributed by atoms with E-state index in [9.17, 15) is 17.6 Å². The molecule has 1 saturated heterocycles. The van der Waals surface area contributed by atoms with Gasteiger partial charge in [-0.25, -0.2) is 12.8 Å². The molecule has 1 fully saturated rings. The summed E-state index contributed by atoms with van der Waals surface area (Å²) in [6, 6.07) is 18.5. The molecule has 0 spiro atoms. The fourth-order valence-corrected chi connectivity index (χ4v) is 5.23. The Balaban J connectivity index is 1.55. The van der Waals surface area contributed by atoms with E-state index in [4.69, 9.17) is 9.47 Å². The van der Waals surface area contributed by atoms with Crippen molar-refractivity contribution in [3.05, 3.63) is 78.6 Å². The number of morpholine rings is 1. The Labute approximate surface area is 203 Å². The molecule has 0 atom stereocenters. The van der Waals surface area contributed by atoms with Crippen LogP contribution < -0.4 is 19.3 Å². The minimum atomic E-state index is -4.37. The van der Waals surface area contributed by atoms with E-state index < -0.39 is 33.2 Å². The van der Waals surface area contributed by atoms with Crippen molar-refractivity contribution in [2.24, 2.45) is 0 Å². The summed E-state index contributed by atoms with van der Waals surface area (Å²) in [5.41, 5.74) is 1.73. The molecule has 0 radical (unpaired) electrons. The zero-order chi connectivity index (χ0) is 24.8. The van der Waals surface area contributed by atoms with E-state index in [2.05, 4.69) is 10.2 Å². The quantitative estimate of drug-likeness (QED) is 0.511. The molecule has 0 unspecified atom stereocenters. The highest BCUT2D eigenvalue weighted by atomic mass is 32.2. The van der Waals surface area contributed by atoms with Crippen molar-refractivity contribution in [3.63, 3.8) is 0 Å². The lowest BCUT2D eigenvalue weighted by Gasteiger charge is -2.29. The minimum absolute atomic E-state index is 0.201. The number of nitrogens with zero attached hydrogens (tertiary/aromatic N) is 2. The number of rotatable bonds is 8. The third-order valence-corrected chi connectivity index (χ3v) is 7.39. The second-order valence-electron chi connectivity index (χ2n) is 7.83. The van der Waals surface area contributed by atoms with Gasteiger partial charge in [0.25, 0.3) is 10.0 Å². The summed E-state index contributed by atoms with van der Waals surface area (Å²) in [7, 11) is -2.89. The van der Waals surface area contributed by atoms with Crippen LogP contribution >= 0.6 is 0 Å². The lowest BCUT2D eigenvalue weighted by atomic mass is 10.2. The SMILES string of the molecule is COc1ccc(N(CC(=O)Nc2ccc(N3CCOCC3)cc2)S(=O)(=O)c2ccccc2F)cc1. The Kier molecular flexibility index (Phi) is 7.52. The minimum Gasteiger partial charge on any atom is -0.497 e. The van der Waals surface area contributed by atoms with Crippen LogP contribution in [0.5, 0.6) is 5.75 Å². The lowest BCUT2D eigenvalue weighted by molar-refractivity contribution is -0.114. The summed E-state index contributed by atoms with van der Waals surface area (Å²) < 4.78 is 52.5. The number of anilines is 3. The molecule has 3 aromatic carbocycles. The highest BCUT2D eigenvalue weighted by molar-refractivity contribution is 7.92. The molecule has 0 bridgehead atoms. The summed E-state index contributed by atoms with van der Waals surface area (Å²) in [5.74, 6) is -0.952. The first-order valence-electron chi connectivity index (χ1n) is 11.0. The van der Waals surface area contributed by atoms with E-state index in [1.54, 1.807) is 24.3 Å². The van der Waals surface area contributed by atoms with E-state index in [-0.39, 0.29) is 5.69 Å². The van der Waals surface area contributed by atoms with Crippen LogP contribution in [0.3, 0.4) is 0 Å². The summed E-state index contributed by atoms with van der Waals surface area (Å²) >= 11 is 0. The average molecular weight is 500 g/mol. The molecule has 35 heavy (non-hydrogen) atoms. The Morgan fingerprint density at radius 1 is 1.03 bits per heavy atom. The summed E-state index contributed by atoms with van der Waals surface area (Å²) in [5, 5.41) is 2.73. The van der Waals surface area contributed by atoms with Crippen LogP contribution in [0.2, 0.25) is 0 Å². The first kappa shape index (κ1) is 24.5. The van der Waals surface area contributed by atoms with Crippen molar-refractivity contribution in [2.75, 3.05) is 54.5 Å². The number of nitrogens with one attached hydrogen (secondary N) is 1. The zero-order valence-corrected chi connectivity index (χ0v) is 20.0. The first-order chi connectivity index (χ1) is 16.9. The molecule has 184 valence electrons. The molecule has 1 heterocycles. The smallest absolute Gasteiger partial charge is 0.267 e. The van der Waals surface area contributed by atoms with Crippen molar-refractivity contribution in [2.45, 2.75) is 4.90 Å². The van der Waals surface area contributed by atoms with Crippen LogP contribution in [0.25, 0.3) is 0 Å². The number of benzene rings is 3. The topological polar surface area (TPSA) is 88.2 Å². The molecular weight excluding hydrogens is 473 g/mol. The molecule has 4 rings (SSSR count). The highest BCUT2D eigenvalue weighted by Gasteiger charge is 2.29. The van der Waals surface area contributed by atoms with Crippen molar-refractivity contribution < 1.29 is 27.1 Å². The van der Waals surface area contributed by atoms with E-state index in [0.717, 1.165) is 29.1 Å². The van der Waals surface area contributed by atoms with Gasteiger partial charge in [-0.05, 0) is 60.7 Å². The van der Waals surface area contributed by atoms with Gasteiger partial charge in [0, 0.05) is 24.5 Å². The Hall–Kier alpha value is -3.63. The van der Waals surface area contributed by atoms with Crippen LogP contribution in [0.1, 0.15) is 0 Å². The van der Waals surface area contributed by atoms with Gasteiger partial charge in [-0.3, -0.25) is 9.10 Å². The molecule has 1 amide bonds. The number of sulfonamides is 1. The van der Waals surface area contributed by atoms with E-state index in [1.807, 2.05) is 12.1 Å². The van der Waals surface area contributed by atoms with Crippen LogP contribution in [0.15, 0.2) is 77.7 Å². The van der Waals surface area contributed by atoms with Crippen molar-refractivity contribution in [1.82, 2.24) is 0 Å². The van der Waals surface area contributed by atoms with Gasteiger partial charge in [-0.2, -0.15) is 0 Å². The van der Waals surface area contributed by atoms with Gasteiger partial charge in [-0.15, -0.1) is 0 Å². The van der Waals surface area contributed by atoms with Crippen LogP contribution in [0, 0.1) is 5.82 Å². The molecule has 0 saturated carbocycles. The lowest BCUT2D eigenvalue weighted by Crippen LogP contribution is -2.38. The van der Waals surface area contributed by atoms with Crippen LogP contribution in [-0.4, -0.2) is 54.3 Å². The average Bonchev–Trinajstić information content (AvgIpc) is 2.88. The molecule has 10 heteroatoms. The number of ether oxygens (including phenoxy) is 2. The molecule has 0 aliphatic carbocycles. The van der Waals surface area contributed by atoms with Gasteiger partial charge in [0.15, 0.2) is 0 Å². The van der Waals surface area contributed by atoms with Crippen LogP contribution in [0.4, 0.5) is 21.5 Å². The van der Waals surface area contributed by atoms with Gasteiger partial charge < -0.3 is 19.7 Å². The Morgan fingerprint density at radius 2 is 1.69 bits per heavy atom. The number of carbonyl (C=O) groups excluding carboxylic acids is 1. The number of carbonyl (C=O) groups is 1.